The van der Waals surface area contributed by atoms with Crippen molar-refractivity contribution in [3.05, 3.63) is 41.4 Å². The largest absolute Gasteiger partial charge is 0.325 e. The zero-order valence-electron chi connectivity index (χ0n) is 8.88. The molecular formula is C12H14ClNO. The van der Waals surface area contributed by atoms with Gasteiger partial charge in [-0.05, 0) is 25.5 Å². The van der Waals surface area contributed by atoms with Crippen molar-refractivity contribution in [2.75, 3.05) is 5.32 Å². The minimum atomic E-state index is -0.383. The normalized spacial score (nSPS) is 11.9. The van der Waals surface area contributed by atoms with Gasteiger partial charge in [-0.3, -0.25) is 4.79 Å². The van der Waals surface area contributed by atoms with E-state index in [9.17, 15) is 4.79 Å². The van der Waals surface area contributed by atoms with Crippen LogP contribution in [0.15, 0.2) is 35.9 Å². The number of para-hydroxylation sites is 1. The van der Waals surface area contributed by atoms with Crippen LogP contribution in [0.4, 0.5) is 5.69 Å². The predicted octanol–water partition coefficient (Wildman–Crippen LogP) is 3.32. The van der Waals surface area contributed by atoms with Gasteiger partial charge in [-0.1, -0.05) is 36.4 Å². The smallest absolute Gasteiger partial charge is 0.232 e. The lowest BCUT2D eigenvalue weighted by atomic mass is 10.1. The fourth-order valence-corrected chi connectivity index (χ4v) is 1.20. The van der Waals surface area contributed by atoms with Crippen molar-refractivity contribution in [1.29, 1.82) is 0 Å². The van der Waals surface area contributed by atoms with Crippen LogP contribution in [0.5, 0.6) is 0 Å². The number of aryl methyl sites for hydroxylation is 1. The van der Waals surface area contributed by atoms with Gasteiger partial charge in [0.25, 0.3) is 0 Å². The maximum atomic E-state index is 11.6. The third-order valence-corrected chi connectivity index (χ3v) is 2.59. The van der Waals surface area contributed by atoms with Crippen LogP contribution >= 0.6 is 11.6 Å². The van der Waals surface area contributed by atoms with Crippen LogP contribution in [0, 0.1) is 12.8 Å². The maximum Gasteiger partial charge on any atom is 0.232 e. The fourth-order valence-electron chi connectivity index (χ4n) is 1.10. The number of amides is 1. The molecular weight excluding hydrogens is 210 g/mol. The standard InChI is InChI=1S/C12H14ClNO/c1-8-6-4-5-7-11(8)14-12(15)9(2)10(3)13/h4-7,9H,3H2,1-2H3,(H,14,15). The number of nitrogens with one attached hydrogen (secondary N) is 1. The molecule has 0 fully saturated rings. The van der Waals surface area contributed by atoms with E-state index in [0.29, 0.717) is 5.03 Å². The fraction of sp³-hybridized carbons (Fsp3) is 0.250. The van der Waals surface area contributed by atoms with E-state index in [4.69, 9.17) is 11.6 Å². The topological polar surface area (TPSA) is 29.1 Å². The molecule has 0 radical (unpaired) electrons. The Hall–Kier alpha value is -1.28. The van der Waals surface area contributed by atoms with Gasteiger partial charge in [-0.2, -0.15) is 0 Å². The highest BCUT2D eigenvalue weighted by Crippen LogP contribution is 2.18. The zero-order chi connectivity index (χ0) is 11.4. The second kappa shape index (κ2) is 4.99. The van der Waals surface area contributed by atoms with Crippen LogP contribution in [0.25, 0.3) is 0 Å². The summed E-state index contributed by atoms with van der Waals surface area (Å²) in [6, 6.07) is 7.60. The quantitative estimate of drug-likeness (QED) is 0.837. The number of carbonyl (C=O) groups excluding carboxylic acids is 1. The van der Waals surface area contributed by atoms with E-state index in [1.807, 2.05) is 31.2 Å². The van der Waals surface area contributed by atoms with E-state index in [1.54, 1.807) is 6.92 Å². The number of hydrogen-bond acceptors (Lipinski definition) is 1. The lowest BCUT2D eigenvalue weighted by Gasteiger charge is -2.12. The summed E-state index contributed by atoms with van der Waals surface area (Å²) in [7, 11) is 0. The zero-order valence-corrected chi connectivity index (χ0v) is 9.64. The Labute approximate surface area is 94.9 Å². The van der Waals surface area contributed by atoms with E-state index in [-0.39, 0.29) is 11.8 Å². The minimum absolute atomic E-state index is 0.135. The minimum Gasteiger partial charge on any atom is -0.325 e. The Morgan fingerprint density at radius 2 is 2.07 bits per heavy atom. The first-order valence-corrected chi connectivity index (χ1v) is 5.11. The molecule has 1 unspecified atom stereocenters. The summed E-state index contributed by atoms with van der Waals surface area (Å²) in [6.45, 7) is 7.21. The molecule has 1 N–H and O–H groups in total. The monoisotopic (exact) mass is 223 g/mol. The molecule has 0 aliphatic heterocycles. The summed E-state index contributed by atoms with van der Waals surface area (Å²) in [6.07, 6.45) is 0. The molecule has 1 atom stereocenters. The number of rotatable bonds is 3. The molecule has 0 bridgehead atoms. The third kappa shape index (κ3) is 3.10. The van der Waals surface area contributed by atoms with Crippen molar-refractivity contribution in [3.63, 3.8) is 0 Å². The highest BCUT2D eigenvalue weighted by molar-refractivity contribution is 6.31. The van der Waals surface area contributed by atoms with E-state index >= 15 is 0 Å². The Kier molecular flexibility index (Phi) is 3.92. The SMILES string of the molecule is C=C(Cl)C(C)C(=O)Nc1ccccc1C. The van der Waals surface area contributed by atoms with Crippen molar-refractivity contribution in [2.45, 2.75) is 13.8 Å². The van der Waals surface area contributed by atoms with Gasteiger partial charge < -0.3 is 5.32 Å². The number of benzene rings is 1. The number of halogens is 1. The first-order chi connectivity index (χ1) is 7.02. The summed E-state index contributed by atoms with van der Waals surface area (Å²) < 4.78 is 0. The maximum absolute atomic E-state index is 11.6. The molecule has 2 nitrogen and oxygen atoms in total. The Bertz CT molecular complexity index is 387. The first kappa shape index (κ1) is 11.8. The van der Waals surface area contributed by atoms with Crippen LogP contribution in [0.1, 0.15) is 12.5 Å². The second-order valence-corrected chi connectivity index (χ2v) is 3.96. The first-order valence-electron chi connectivity index (χ1n) is 4.73. The van der Waals surface area contributed by atoms with Crippen LogP contribution in [0.2, 0.25) is 0 Å². The summed E-state index contributed by atoms with van der Waals surface area (Å²) in [5.74, 6) is -0.518. The van der Waals surface area contributed by atoms with Gasteiger partial charge in [0, 0.05) is 10.7 Å². The van der Waals surface area contributed by atoms with Gasteiger partial charge in [0.2, 0.25) is 5.91 Å². The number of carbonyl (C=O) groups is 1. The molecule has 80 valence electrons. The van der Waals surface area contributed by atoms with Crippen LogP contribution in [-0.4, -0.2) is 5.91 Å². The van der Waals surface area contributed by atoms with Crippen LogP contribution in [-0.2, 0) is 4.79 Å². The van der Waals surface area contributed by atoms with Gasteiger partial charge in [0.1, 0.15) is 0 Å². The van der Waals surface area contributed by atoms with E-state index in [2.05, 4.69) is 11.9 Å². The molecule has 0 heterocycles. The molecule has 3 heteroatoms. The van der Waals surface area contributed by atoms with Gasteiger partial charge >= 0.3 is 0 Å². The molecule has 0 spiro atoms. The van der Waals surface area contributed by atoms with E-state index in [0.717, 1.165) is 11.3 Å². The molecule has 1 aromatic rings. The number of hydrogen-bond donors (Lipinski definition) is 1. The molecule has 0 aromatic heterocycles. The molecule has 1 aromatic carbocycles. The van der Waals surface area contributed by atoms with Crippen molar-refractivity contribution < 1.29 is 4.79 Å². The molecule has 0 aliphatic carbocycles. The second-order valence-electron chi connectivity index (χ2n) is 3.47. The molecule has 1 amide bonds. The van der Waals surface area contributed by atoms with Crippen LogP contribution < -0.4 is 5.32 Å². The highest BCUT2D eigenvalue weighted by atomic mass is 35.5. The van der Waals surface area contributed by atoms with Gasteiger partial charge in [-0.15, -0.1) is 0 Å². The van der Waals surface area contributed by atoms with Gasteiger partial charge in [-0.25, -0.2) is 0 Å². The van der Waals surface area contributed by atoms with E-state index < -0.39 is 0 Å². The highest BCUT2D eigenvalue weighted by Gasteiger charge is 2.15. The molecule has 0 aliphatic rings. The lowest BCUT2D eigenvalue weighted by molar-refractivity contribution is -0.118. The van der Waals surface area contributed by atoms with Crippen molar-refractivity contribution in [3.8, 4) is 0 Å². The number of anilines is 1. The van der Waals surface area contributed by atoms with Gasteiger partial charge in [0.05, 0.1) is 5.92 Å². The Balaban J connectivity index is 2.75. The Morgan fingerprint density at radius 1 is 1.47 bits per heavy atom. The molecule has 15 heavy (non-hydrogen) atoms. The van der Waals surface area contributed by atoms with Crippen molar-refractivity contribution in [2.24, 2.45) is 5.92 Å². The molecule has 0 saturated carbocycles. The summed E-state index contributed by atoms with van der Waals surface area (Å²) in [4.78, 5) is 11.6. The third-order valence-electron chi connectivity index (χ3n) is 2.27. The average Bonchev–Trinajstić information content (AvgIpc) is 2.20. The van der Waals surface area contributed by atoms with Crippen LogP contribution in [0.3, 0.4) is 0 Å². The summed E-state index contributed by atoms with van der Waals surface area (Å²) >= 11 is 5.67. The summed E-state index contributed by atoms with van der Waals surface area (Å²) in [5, 5.41) is 3.16. The molecule has 0 saturated heterocycles. The average molecular weight is 224 g/mol. The predicted molar refractivity (Wildman–Crippen MR) is 64.0 cm³/mol. The van der Waals surface area contributed by atoms with Crippen molar-refractivity contribution in [1.82, 2.24) is 0 Å². The molecule has 1 rings (SSSR count). The van der Waals surface area contributed by atoms with E-state index in [1.165, 1.54) is 0 Å². The van der Waals surface area contributed by atoms with Gasteiger partial charge in [0.15, 0.2) is 0 Å². The lowest BCUT2D eigenvalue weighted by Crippen LogP contribution is -2.20. The Morgan fingerprint density at radius 3 is 2.60 bits per heavy atom. The summed E-state index contributed by atoms with van der Waals surface area (Å²) in [5.41, 5.74) is 1.84. The van der Waals surface area contributed by atoms with Crippen molar-refractivity contribution >= 4 is 23.2 Å².